The Bertz CT molecular complexity index is 635. The lowest BCUT2D eigenvalue weighted by atomic mass is 10.2. The molecule has 2 heteroatoms. The molecule has 1 heterocycles. The lowest BCUT2D eigenvalue weighted by molar-refractivity contribution is 1.06. The Balaban J connectivity index is 2.13. The van der Waals surface area contributed by atoms with Crippen LogP contribution in [0.4, 0.5) is 0 Å². The highest BCUT2D eigenvalue weighted by molar-refractivity contribution is 5.81. The molecular weight excluding hydrogens is 208 g/mol. The molecule has 0 atom stereocenters. The monoisotopic (exact) mass is 221 g/mol. The van der Waals surface area contributed by atoms with Crippen molar-refractivity contribution in [3.05, 3.63) is 66.4 Å². The van der Waals surface area contributed by atoms with Gasteiger partial charge in [-0.05, 0) is 42.0 Å². The molecule has 2 N–H and O–H groups in total. The van der Waals surface area contributed by atoms with Crippen molar-refractivity contribution in [3.63, 3.8) is 0 Å². The fourth-order valence-electron chi connectivity index (χ4n) is 2.04. The number of hydrogen-bond donors (Lipinski definition) is 1. The largest absolute Gasteiger partial charge is 0.326 e. The van der Waals surface area contributed by atoms with Gasteiger partial charge in [-0.2, -0.15) is 0 Å². The summed E-state index contributed by atoms with van der Waals surface area (Å²) in [7, 11) is 0. The van der Waals surface area contributed by atoms with Crippen molar-refractivity contribution >= 4 is 10.9 Å². The van der Waals surface area contributed by atoms with Crippen molar-refractivity contribution in [2.24, 2.45) is 5.73 Å². The normalized spacial score (nSPS) is 10.9. The van der Waals surface area contributed by atoms with Crippen molar-refractivity contribution < 1.29 is 0 Å². The van der Waals surface area contributed by atoms with Gasteiger partial charge < -0.3 is 10.3 Å². The molecule has 0 aliphatic carbocycles. The van der Waals surface area contributed by atoms with E-state index in [2.05, 4.69) is 53.2 Å². The third kappa shape index (κ3) is 1.73. The Morgan fingerprint density at radius 1 is 1.06 bits per heavy atom. The summed E-state index contributed by atoms with van der Waals surface area (Å²) in [6, 6.07) is 19.5. The molecule has 0 amide bonds. The highest BCUT2D eigenvalue weighted by Gasteiger charge is 2.01. The minimum absolute atomic E-state index is 0.585. The van der Waals surface area contributed by atoms with Crippen LogP contribution in [0.2, 0.25) is 0 Å². The van der Waals surface area contributed by atoms with E-state index in [9.17, 15) is 0 Å². The first-order chi connectivity index (χ1) is 8.38. The summed E-state index contributed by atoms with van der Waals surface area (Å²) >= 11 is 0. The first kappa shape index (κ1) is 10.1. The average Bonchev–Trinajstić information content (AvgIpc) is 2.83. The van der Waals surface area contributed by atoms with Gasteiger partial charge in [0.05, 0.1) is 5.52 Å². The minimum Gasteiger partial charge on any atom is -0.326 e. The Hall–Kier alpha value is -2.06. The van der Waals surface area contributed by atoms with Crippen LogP contribution in [0.25, 0.3) is 16.6 Å². The number of fused-ring (bicyclic) bond motifs is 1. The Labute approximate surface area is 100 Å². The topological polar surface area (TPSA) is 30.9 Å². The van der Waals surface area contributed by atoms with Gasteiger partial charge in [-0.25, -0.2) is 0 Å². The zero-order valence-electron chi connectivity index (χ0n) is 9.43. The van der Waals surface area contributed by atoms with E-state index in [0.717, 1.165) is 11.3 Å². The number of aromatic nitrogens is 1. The molecule has 17 heavy (non-hydrogen) atoms. The van der Waals surface area contributed by atoms with E-state index in [1.165, 1.54) is 10.9 Å². The standard InChI is InChI=1S/C15H13N2/c16-11-12-5-7-14(8-6-12)17-10-9-13-3-1-2-4-15(13)17/h2-10H,11,16H2. The van der Waals surface area contributed by atoms with Crippen LogP contribution < -0.4 is 5.73 Å². The predicted molar refractivity (Wildman–Crippen MR) is 70.0 cm³/mol. The summed E-state index contributed by atoms with van der Waals surface area (Å²) in [4.78, 5) is 0. The van der Waals surface area contributed by atoms with E-state index in [1.807, 2.05) is 12.1 Å². The third-order valence-electron chi connectivity index (χ3n) is 2.98. The smallest absolute Gasteiger partial charge is 0.0528 e. The molecule has 0 saturated carbocycles. The molecule has 3 aromatic rings. The van der Waals surface area contributed by atoms with Crippen LogP contribution in [-0.2, 0) is 6.54 Å². The van der Waals surface area contributed by atoms with Crippen LogP contribution in [0.3, 0.4) is 0 Å². The SMILES string of the molecule is NCc1ccc(-n2ccc3c[c]ccc32)cc1. The van der Waals surface area contributed by atoms with Crippen LogP contribution in [-0.4, -0.2) is 4.57 Å². The number of rotatable bonds is 2. The van der Waals surface area contributed by atoms with Gasteiger partial charge in [0, 0.05) is 23.8 Å². The molecule has 3 rings (SSSR count). The Kier molecular flexibility index (Phi) is 2.42. The van der Waals surface area contributed by atoms with E-state index in [0.29, 0.717) is 6.54 Å². The molecule has 0 aliphatic rings. The van der Waals surface area contributed by atoms with E-state index in [1.54, 1.807) is 0 Å². The number of nitrogens with two attached hydrogens (primary N) is 1. The number of nitrogens with zero attached hydrogens (tertiary/aromatic N) is 1. The highest BCUT2D eigenvalue weighted by atomic mass is 15.0. The summed E-state index contributed by atoms with van der Waals surface area (Å²) in [5.41, 5.74) is 9.10. The molecule has 1 aromatic heterocycles. The van der Waals surface area contributed by atoms with Crippen molar-refractivity contribution in [1.29, 1.82) is 0 Å². The zero-order chi connectivity index (χ0) is 11.7. The summed E-state index contributed by atoms with van der Waals surface area (Å²) in [5, 5.41) is 1.20. The lowest BCUT2D eigenvalue weighted by Crippen LogP contribution is -1.97. The van der Waals surface area contributed by atoms with Gasteiger partial charge >= 0.3 is 0 Å². The van der Waals surface area contributed by atoms with Crippen molar-refractivity contribution in [2.45, 2.75) is 6.54 Å². The number of hydrogen-bond acceptors (Lipinski definition) is 1. The van der Waals surface area contributed by atoms with Gasteiger partial charge in [-0.15, -0.1) is 0 Å². The molecule has 0 fully saturated rings. The molecule has 0 aliphatic heterocycles. The molecule has 2 nitrogen and oxygen atoms in total. The molecule has 0 spiro atoms. The van der Waals surface area contributed by atoms with Crippen LogP contribution >= 0.6 is 0 Å². The maximum atomic E-state index is 5.60. The molecule has 0 bridgehead atoms. The van der Waals surface area contributed by atoms with Crippen molar-refractivity contribution in [3.8, 4) is 5.69 Å². The number of benzene rings is 2. The Morgan fingerprint density at radius 2 is 1.88 bits per heavy atom. The Morgan fingerprint density at radius 3 is 2.65 bits per heavy atom. The van der Waals surface area contributed by atoms with E-state index < -0.39 is 0 Å². The van der Waals surface area contributed by atoms with Crippen molar-refractivity contribution in [1.82, 2.24) is 4.57 Å². The molecule has 0 saturated heterocycles. The molecule has 2 aromatic carbocycles. The molecule has 83 valence electrons. The zero-order valence-corrected chi connectivity index (χ0v) is 9.43. The van der Waals surface area contributed by atoms with Crippen molar-refractivity contribution in [2.75, 3.05) is 0 Å². The second-order valence-corrected chi connectivity index (χ2v) is 4.04. The maximum Gasteiger partial charge on any atom is 0.0528 e. The summed E-state index contributed by atoms with van der Waals surface area (Å²) in [6.45, 7) is 0.585. The predicted octanol–water partition coefficient (Wildman–Crippen LogP) is 2.89. The van der Waals surface area contributed by atoms with Crippen LogP contribution in [0.1, 0.15) is 5.56 Å². The van der Waals surface area contributed by atoms with Gasteiger partial charge in [0.25, 0.3) is 0 Å². The van der Waals surface area contributed by atoms with Gasteiger partial charge in [0.2, 0.25) is 0 Å². The van der Waals surface area contributed by atoms with Gasteiger partial charge in [0.15, 0.2) is 0 Å². The van der Waals surface area contributed by atoms with Gasteiger partial charge in [-0.1, -0.05) is 18.2 Å². The maximum absolute atomic E-state index is 5.60. The first-order valence-corrected chi connectivity index (χ1v) is 5.65. The lowest BCUT2D eigenvalue weighted by Gasteiger charge is -2.06. The van der Waals surface area contributed by atoms with E-state index in [-0.39, 0.29) is 0 Å². The minimum atomic E-state index is 0.585. The van der Waals surface area contributed by atoms with Gasteiger partial charge in [0.1, 0.15) is 0 Å². The quantitative estimate of drug-likeness (QED) is 0.708. The highest BCUT2D eigenvalue weighted by Crippen LogP contribution is 2.20. The van der Waals surface area contributed by atoms with E-state index >= 15 is 0 Å². The van der Waals surface area contributed by atoms with E-state index in [4.69, 9.17) is 5.73 Å². The summed E-state index contributed by atoms with van der Waals surface area (Å²) in [5.74, 6) is 0. The second-order valence-electron chi connectivity index (χ2n) is 4.04. The average molecular weight is 221 g/mol. The molecule has 0 unspecified atom stereocenters. The second kappa shape index (κ2) is 4.07. The van der Waals surface area contributed by atoms with Crippen LogP contribution in [0, 0.1) is 6.07 Å². The van der Waals surface area contributed by atoms with Crippen LogP contribution in [0.15, 0.2) is 54.7 Å². The summed E-state index contributed by atoms with van der Waals surface area (Å²) < 4.78 is 2.17. The third-order valence-corrected chi connectivity index (χ3v) is 2.98. The molecular formula is C15H13N2. The fourth-order valence-corrected chi connectivity index (χ4v) is 2.04. The molecule has 1 radical (unpaired) electrons. The first-order valence-electron chi connectivity index (χ1n) is 5.65. The van der Waals surface area contributed by atoms with Gasteiger partial charge in [-0.3, -0.25) is 0 Å². The van der Waals surface area contributed by atoms with Crippen LogP contribution in [0.5, 0.6) is 0 Å². The fraction of sp³-hybridized carbons (Fsp3) is 0.0667. The summed E-state index contributed by atoms with van der Waals surface area (Å²) in [6.07, 6.45) is 2.08.